The maximum absolute atomic E-state index is 11.9. The summed E-state index contributed by atoms with van der Waals surface area (Å²) in [6.07, 6.45) is 17.3. The summed E-state index contributed by atoms with van der Waals surface area (Å²) in [6, 6.07) is 15.8. The minimum absolute atomic E-state index is 0.0515. The van der Waals surface area contributed by atoms with Gasteiger partial charge in [0.25, 0.3) is 0 Å². The van der Waals surface area contributed by atoms with Crippen molar-refractivity contribution in [2.45, 2.75) is 91.1 Å². The molecule has 0 spiro atoms. The third-order valence-corrected chi connectivity index (χ3v) is 5.83. The van der Waals surface area contributed by atoms with E-state index in [2.05, 4.69) is 18.8 Å². The molecule has 1 unspecified atom stereocenters. The van der Waals surface area contributed by atoms with Gasteiger partial charge in [0.15, 0.2) is 0 Å². The van der Waals surface area contributed by atoms with Crippen LogP contribution in [0.5, 0.6) is 5.75 Å². The Morgan fingerprint density at radius 2 is 1.46 bits per heavy atom. The van der Waals surface area contributed by atoms with E-state index in [-0.39, 0.29) is 12.1 Å². The maximum Gasteiger partial charge on any atom is 0.331 e. The largest absolute Gasteiger partial charge is 0.494 e. The van der Waals surface area contributed by atoms with Crippen molar-refractivity contribution in [3.63, 3.8) is 0 Å². The van der Waals surface area contributed by atoms with Gasteiger partial charge < -0.3 is 9.47 Å². The SMILES string of the molecule is CCCCCCCCCCOc1ccc(C=Nc2ccc(/C=C/C(=O)OC(C)CCC)cc2)cc1. The Balaban J connectivity index is 1.69. The molecule has 0 saturated heterocycles. The van der Waals surface area contributed by atoms with Crippen LogP contribution in [0.3, 0.4) is 0 Å². The van der Waals surface area contributed by atoms with Crippen molar-refractivity contribution >= 4 is 23.9 Å². The van der Waals surface area contributed by atoms with Crippen LogP contribution in [-0.4, -0.2) is 24.9 Å². The summed E-state index contributed by atoms with van der Waals surface area (Å²) in [5.41, 5.74) is 2.82. The molecule has 0 saturated carbocycles. The first-order chi connectivity index (χ1) is 17.1. The molecular formula is C31H43NO3. The van der Waals surface area contributed by atoms with Crippen LogP contribution in [0, 0.1) is 0 Å². The van der Waals surface area contributed by atoms with Gasteiger partial charge in [-0.05, 0) is 73.4 Å². The fourth-order valence-electron chi connectivity index (χ4n) is 3.76. The zero-order valence-electron chi connectivity index (χ0n) is 21.9. The molecule has 2 rings (SSSR count). The minimum Gasteiger partial charge on any atom is -0.494 e. The van der Waals surface area contributed by atoms with E-state index in [0.717, 1.165) is 48.4 Å². The summed E-state index contributed by atoms with van der Waals surface area (Å²) in [5.74, 6) is 0.599. The Labute approximate surface area is 212 Å². The van der Waals surface area contributed by atoms with Gasteiger partial charge in [0.1, 0.15) is 5.75 Å². The van der Waals surface area contributed by atoms with Crippen LogP contribution in [0.2, 0.25) is 0 Å². The van der Waals surface area contributed by atoms with E-state index in [1.807, 2.05) is 61.7 Å². The molecule has 1 atom stereocenters. The predicted octanol–water partition coefficient (Wildman–Crippen LogP) is 8.70. The van der Waals surface area contributed by atoms with E-state index in [4.69, 9.17) is 9.47 Å². The molecule has 0 fully saturated rings. The minimum atomic E-state index is -0.307. The number of esters is 1. The summed E-state index contributed by atoms with van der Waals surface area (Å²) in [7, 11) is 0. The number of ether oxygens (including phenoxy) is 2. The topological polar surface area (TPSA) is 47.9 Å². The van der Waals surface area contributed by atoms with E-state index >= 15 is 0 Å². The van der Waals surface area contributed by atoms with Gasteiger partial charge >= 0.3 is 5.97 Å². The second-order valence-corrected chi connectivity index (χ2v) is 9.11. The number of carbonyl (C=O) groups excluding carboxylic acids is 1. The van der Waals surface area contributed by atoms with E-state index in [1.54, 1.807) is 6.08 Å². The van der Waals surface area contributed by atoms with Crippen molar-refractivity contribution in [2.75, 3.05) is 6.61 Å². The lowest BCUT2D eigenvalue weighted by Gasteiger charge is -2.09. The molecule has 190 valence electrons. The number of hydrogen-bond donors (Lipinski definition) is 0. The second-order valence-electron chi connectivity index (χ2n) is 9.11. The van der Waals surface area contributed by atoms with Gasteiger partial charge in [-0.1, -0.05) is 77.3 Å². The molecule has 4 heteroatoms. The summed E-state index contributed by atoms with van der Waals surface area (Å²) in [4.78, 5) is 16.4. The van der Waals surface area contributed by atoms with Crippen molar-refractivity contribution < 1.29 is 14.3 Å². The quantitative estimate of drug-likeness (QED) is 0.0990. The lowest BCUT2D eigenvalue weighted by atomic mass is 10.1. The zero-order valence-corrected chi connectivity index (χ0v) is 21.9. The molecule has 0 aromatic heterocycles. The summed E-state index contributed by atoms with van der Waals surface area (Å²) < 4.78 is 11.2. The molecule has 0 heterocycles. The molecule has 0 aliphatic heterocycles. The van der Waals surface area contributed by atoms with E-state index < -0.39 is 0 Å². The maximum atomic E-state index is 11.9. The molecule has 4 nitrogen and oxygen atoms in total. The molecule has 0 aliphatic carbocycles. The Morgan fingerprint density at radius 3 is 2.11 bits per heavy atom. The highest BCUT2D eigenvalue weighted by molar-refractivity contribution is 5.87. The molecule has 2 aromatic carbocycles. The number of rotatable bonds is 17. The first-order valence-corrected chi connectivity index (χ1v) is 13.4. The number of carbonyl (C=O) groups is 1. The predicted molar refractivity (Wildman–Crippen MR) is 148 cm³/mol. The van der Waals surface area contributed by atoms with Gasteiger partial charge in [-0.25, -0.2) is 4.79 Å². The summed E-state index contributed by atoms with van der Waals surface area (Å²) >= 11 is 0. The van der Waals surface area contributed by atoms with Crippen molar-refractivity contribution in [3.05, 3.63) is 65.7 Å². The Hall–Kier alpha value is -2.88. The number of hydrogen-bond acceptors (Lipinski definition) is 4. The van der Waals surface area contributed by atoms with Gasteiger partial charge in [0.05, 0.1) is 18.4 Å². The third-order valence-electron chi connectivity index (χ3n) is 5.83. The van der Waals surface area contributed by atoms with Crippen molar-refractivity contribution in [1.29, 1.82) is 0 Å². The van der Waals surface area contributed by atoms with Crippen LogP contribution in [0.15, 0.2) is 59.6 Å². The average molecular weight is 478 g/mol. The molecule has 0 amide bonds. The fraction of sp³-hybridized carbons (Fsp3) is 0.484. The third kappa shape index (κ3) is 13.0. The number of aliphatic imine (C=N–C) groups is 1. The first-order valence-electron chi connectivity index (χ1n) is 13.4. The standard InChI is InChI=1S/C31H43NO3/c1-4-6-7-8-9-10-11-12-24-34-30-21-16-28(17-22-30)25-32-29-19-14-27(15-20-29)18-23-31(33)35-26(3)13-5-2/h14-23,25-26H,4-13,24H2,1-3H3/b23-18+,32-25?. The van der Waals surface area contributed by atoms with Gasteiger partial charge in [0, 0.05) is 12.3 Å². The van der Waals surface area contributed by atoms with Gasteiger partial charge in [-0.15, -0.1) is 0 Å². The van der Waals surface area contributed by atoms with Crippen LogP contribution in [-0.2, 0) is 9.53 Å². The monoisotopic (exact) mass is 477 g/mol. The van der Waals surface area contributed by atoms with E-state index in [0.29, 0.717) is 0 Å². The highest BCUT2D eigenvalue weighted by atomic mass is 16.5. The van der Waals surface area contributed by atoms with Crippen LogP contribution < -0.4 is 4.74 Å². The molecular weight excluding hydrogens is 434 g/mol. The molecule has 0 aliphatic rings. The second kappa shape index (κ2) is 17.5. The number of nitrogens with zero attached hydrogens (tertiary/aromatic N) is 1. The van der Waals surface area contributed by atoms with Crippen LogP contribution in [0.1, 0.15) is 96.1 Å². The van der Waals surface area contributed by atoms with Crippen molar-refractivity contribution in [3.8, 4) is 5.75 Å². The summed E-state index contributed by atoms with van der Waals surface area (Å²) in [5, 5.41) is 0. The number of unbranched alkanes of at least 4 members (excludes halogenated alkanes) is 7. The van der Waals surface area contributed by atoms with Crippen LogP contribution in [0.4, 0.5) is 5.69 Å². The molecule has 0 N–H and O–H groups in total. The molecule has 0 bridgehead atoms. The lowest BCUT2D eigenvalue weighted by Crippen LogP contribution is -2.12. The smallest absolute Gasteiger partial charge is 0.331 e. The Bertz CT molecular complexity index is 884. The van der Waals surface area contributed by atoms with Crippen molar-refractivity contribution in [2.24, 2.45) is 4.99 Å². The first kappa shape index (κ1) is 28.4. The normalized spacial score (nSPS) is 12.3. The average Bonchev–Trinajstić information content (AvgIpc) is 2.86. The van der Waals surface area contributed by atoms with Crippen molar-refractivity contribution in [1.82, 2.24) is 0 Å². The van der Waals surface area contributed by atoms with Gasteiger partial charge in [-0.3, -0.25) is 4.99 Å². The highest BCUT2D eigenvalue weighted by Gasteiger charge is 2.05. The summed E-state index contributed by atoms with van der Waals surface area (Å²) in [6.45, 7) is 7.03. The highest BCUT2D eigenvalue weighted by Crippen LogP contribution is 2.16. The zero-order chi connectivity index (χ0) is 25.1. The molecule has 35 heavy (non-hydrogen) atoms. The number of benzene rings is 2. The lowest BCUT2D eigenvalue weighted by molar-refractivity contribution is -0.142. The fourth-order valence-corrected chi connectivity index (χ4v) is 3.76. The van der Waals surface area contributed by atoms with Crippen LogP contribution in [0.25, 0.3) is 6.08 Å². The van der Waals surface area contributed by atoms with Crippen LogP contribution >= 0.6 is 0 Å². The van der Waals surface area contributed by atoms with Gasteiger partial charge in [0.2, 0.25) is 0 Å². The Kier molecular flexibility index (Phi) is 14.2. The Morgan fingerprint density at radius 1 is 0.829 bits per heavy atom. The molecule has 0 radical (unpaired) electrons. The van der Waals surface area contributed by atoms with Gasteiger partial charge in [-0.2, -0.15) is 0 Å². The van der Waals surface area contributed by atoms with E-state index in [1.165, 1.54) is 51.0 Å². The van der Waals surface area contributed by atoms with E-state index in [9.17, 15) is 4.79 Å². The molecule has 2 aromatic rings.